The van der Waals surface area contributed by atoms with Gasteiger partial charge < -0.3 is 10.2 Å². The van der Waals surface area contributed by atoms with Crippen molar-refractivity contribution in [3.63, 3.8) is 0 Å². The van der Waals surface area contributed by atoms with E-state index in [4.69, 9.17) is 0 Å². The summed E-state index contributed by atoms with van der Waals surface area (Å²) in [6, 6.07) is 9.34. The summed E-state index contributed by atoms with van der Waals surface area (Å²) in [5.74, 6) is -0.0445. The first-order valence-corrected chi connectivity index (χ1v) is 8.08. The minimum absolute atomic E-state index is 0.140. The Morgan fingerprint density at radius 1 is 1.32 bits per heavy atom. The molecule has 1 aromatic heterocycles. The van der Waals surface area contributed by atoms with Crippen LogP contribution in [0, 0.1) is 0 Å². The van der Waals surface area contributed by atoms with E-state index in [0.29, 0.717) is 12.1 Å². The normalized spacial score (nSPS) is 14.7. The van der Waals surface area contributed by atoms with Gasteiger partial charge in [-0.05, 0) is 53.1 Å². The van der Waals surface area contributed by atoms with Crippen molar-refractivity contribution in [2.24, 2.45) is 0 Å². The van der Waals surface area contributed by atoms with E-state index in [0.717, 1.165) is 24.2 Å². The number of carbonyl (C=O) groups excluding carboxylic acids is 2. The first kappa shape index (κ1) is 14.5. The Morgan fingerprint density at radius 3 is 2.95 bits per heavy atom. The van der Waals surface area contributed by atoms with Gasteiger partial charge in [-0.2, -0.15) is 11.3 Å². The van der Waals surface area contributed by atoms with Crippen molar-refractivity contribution in [1.82, 2.24) is 0 Å². The summed E-state index contributed by atoms with van der Waals surface area (Å²) in [4.78, 5) is 25.5. The topological polar surface area (TPSA) is 49.4 Å². The highest BCUT2D eigenvalue weighted by molar-refractivity contribution is 7.08. The Bertz CT molecular complexity index is 707. The molecule has 2 aromatic rings. The molecule has 0 bridgehead atoms. The molecule has 1 aromatic carbocycles. The van der Waals surface area contributed by atoms with Crippen LogP contribution in [0.5, 0.6) is 0 Å². The lowest BCUT2D eigenvalue weighted by Crippen LogP contribution is -2.23. The molecule has 1 N–H and O–H groups in total. The highest BCUT2D eigenvalue weighted by atomic mass is 32.1. The minimum atomic E-state index is -0.184. The monoisotopic (exact) mass is 312 g/mol. The number of anilines is 2. The Labute approximate surface area is 133 Å². The lowest BCUT2D eigenvalue weighted by molar-refractivity contribution is -0.117. The maximum absolute atomic E-state index is 11.9. The third-order valence-electron chi connectivity index (χ3n) is 3.47. The van der Waals surface area contributed by atoms with Gasteiger partial charge in [0.25, 0.3) is 0 Å². The predicted octanol–water partition coefficient (Wildman–Crippen LogP) is 3.53. The number of thiophene rings is 1. The van der Waals surface area contributed by atoms with E-state index in [1.165, 1.54) is 6.08 Å². The van der Waals surface area contributed by atoms with Gasteiger partial charge in [-0.1, -0.05) is 6.07 Å². The molecule has 5 heteroatoms. The predicted molar refractivity (Wildman–Crippen MR) is 90.0 cm³/mol. The fourth-order valence-corrected chi connectivity index (χ4v) is 3.03. The SMILES string of the molecule is O=C(/C=C/c1ccsc1)Nc1cccc(N2CCCC2=O)c1. The van der Waals surface area contributed by atoms with Gasteiger partial charge in [-0.15, -0.1) is 0 Å². The van der Waals surface area contributed by atoms with E-state index < -0.39 is 0 Å². The van der Waals surface area contributed by atoms with E-state index in [-0.39, 0.29) is 11.8 Å². The van der Waals surface area contributed by atoms with Gasteiger partial charge in [0.2, 0.25) is 11.8 Å². The van der Waals surface area contributed by atoms with Crippen LogP contribution in [0.25, 0.3) is 6.08 Å². The second-order valence-electron chi connectivity index (χ2n) is 5.08. The van der Waals surface area contributed by atoms with Crippen molar-refractivity contribution in [3.8, 4) is 0 Å². The third kappa shape index (κ3) is 3.43. The van der Waals surface area contributed by atoms with Gasteiger partial charge in [0.15, 0.2) is 0 Å². The van der Waals surface area contributed by atoms with Crippen LogP contribution in [0.1, 0.15) is 18.4 Å². The van der Waals surface area contributed by atoms with E-state index in [2.05, 4.69) is 5.32 Å². The Balaban J connectivity index is 1.67. The quantitative estimate of drug-likeness (QED) is 0.878. The molecule has 0 saturated carbocycles. The molecule has 0 spiro atoms. The molecular formula is C17H16N2O2S. The maximum Gasteiger partial charge on any atom is 0.248 e. The average Bonchev–Trinajstić information content (AvgIpc) is 3.16. The standard InChI is InChI=1S/C17H16N2O2S/c20-16(7-6-13-8-10-22-12-13)18-14-3-1-4-15(11-14)19-9-2-5-17(19)21/h1,3-4,6-8,10-12H,2,5,9H2,(H,18,20)/b7-6+. The van der Waals surface area contributed by atoms with Crippen molar-refractivity contribution in [2.45, 2.75) is 12.8 Å². The molecule has 1 aliphatic heterocycles. The molecule has 1 aliphatic rings. The van der Waals surface area contributed by atoms with E-state index in [1.54, 1.807) is 22.3 Å². The number of hydrogen-bond acceptors (Lipinski definition) is 3. The summed E-state index contributed by atoms with van der Waals surface area (Å²) >= 11 is 1.59. The van der Waals surface area contributed by atoms with Gasteiger partial charge >= 0.3 is 0 Å². The number of nitrogens with one attached hydrogen (secondary N) is 1. The van der Waals surface area contributed by atoms with Crippen molar-refractivity contribution < 1.29 is 9.59 Å². The third-order valence-corrected chi connectivity index (χ3v) is 4.17. The van der Waals surface area contributed by atoms with E-state index in [1.807, 2.05) is 41.1 Å². The number of carbonyl (C=O) groups is 2. The second kappa shape index (κ2) is 6.58. The zero-order chi connectivity index (χ0) is 15.4. The Kier molecular flexibility index (Phi) is 4.34. The zero-order valence-corrected chi connectivity index (χ0v) is 12.8. The molecule has 22 heavy (non-hydrogen) atoms. The van der Waals surface area contributed by atoms with Crippen LogP contribution in [0.3, 0.4) is 0 Å². The molecule has 2 heterocycles. The molecule has 3 rings (SSSR count). The molecular weight excluding hydrogens is 296 g/mol. The first-order valence-electron chi connectivity index (χ1n) is 7.14. The lowest BCUT2D eigenvalue weighted by atomic mass is 10.2. The van der Waals surface area contributed by atoms with Crippen LogP contribution in [-0.4, -0.2) is 18.4 Å². The van der Waals surface area contributed by atoms with Crippen LogP contribution in [0.4, 0.5) is 11.4 Å². The van der Waals surface area contributed by atoms with Crippen LogP contribution in [0.2, 0.25) is 0 Å². The van der Waals surface area contributed by atoms with Crippen LogP contribution >= 0.6 is 11.3 Å². The summed E-state index contributed by atoms with van der Waals surface area (Å²) < 4.78 is 0. The summed E-state index contributed by atoms with van der Waals surface area (Å²) in [5.41, 5.74) is 2.54. The fraction of sp³-hybridized carbons (Fsp3) is 0.176. The molecule has 1 fully saturated rings. The van der Waals surface area contributed by atoms with Crippen LogP contribution in [-0.2, 0) is 9.59 Å². The number of benzene rings is 1. The maximum atomic E-state index is 11.9. The van der Waals surface area contributed by atoms with E-state index >= 15 is 0 Å². The van der Waals surface area contributed by atoms with Gasteiger partial charge in [0, 0.05) is 30.4 Å². The minimum Gasteiger partial charge on any atom is -0.322 e. The molecule has 0 aliphatic carbocycles. The summed E-state index contributed by atoms with van der Waals surface area (Å²) in [6.07, 6.45) is 4.77. The smallest absolute Gasteiger partial charge is 0.248 e. The number of amides is 2. The molecule has 1 saturated heterocycles. The lowest BCUT2D eigenvalue weighted by Gasteiger charge is -2.16. The van der Waals surface area contributed by atoms with Gasteiger partial charge in [-0.3, -0.25) is 9.59 Å². The fourth-order valence-electron chi connectivity index (χ4n) is 2.40. The summed E-state index contributed by atoms with van der Waals surface area (Å²) in [5, 5.41) is 6.76. The van der Waals surface area contributed by atoms with Crippen molar-refractivity contribution in [3.05, 3.63) is 52.7 Å². The Hall–Kier alpha value is -2.40. The van der Waals surface area contributed by atoms with E-state index in [9.17, 15) is 9.59 Å². The largest absolute Gasteiger partial charge is 0.322 e. The second-order valence-corrected chi connectivity index (χ2v) is 5.86. The molecule has 4 nitrogen and oxygen atoms in total. The zero-order valence-electron chi connectivity index (χ0n) is 12.0. The van der Waals surface area contributed by atoms with Crippen molar-refractivity contribution in [2.75, 3.05) is 16.8 Å². The van der Waals surface area contributed by atoms with Crippen LogP contribution < -0.4 is 10.2 Å². The molecule has 0 unspecified atom stereocenters. The molecule has 2 amide bonds. The molecule has 112 valence electrons. The van der Waals surface area contributed by atoms with Gasteiger partial charge in [-0.25, -0.2) is 0 Å². The number of nitrogens with zero attached hydrogens (tertiary/aromatic N) is 1. The molecule has 0 atom stereocenters. The van der Waals surface area contributed by atoms with Crippen molar-refractivity contribution >= 4 is 40.6 Å². The molecule has 0 radical (unpaired) electrons. The Morgan fingerprint density at radius 2 is 2.23 bits per heavy atom. The first-order chi connectivity index (χ1) is 10.7. The van der Waals surface area contributed by atoms with Gasteiger partial charge in [0.05, 0.1) is 0 Å². The number of hydrogen-bond donors (Lipinski definition) is 1. The summed E-state index contributed by atoms with van der Waals surface area (Å²) in [6.45, 7) is 0.744. The average molecular weight is 312 g/mol. The number of rotatable bonds is 4. The van der Waals surface area contributed by atoms with Crippen LogP contribution in [0.15, 0.2) is 47.2 Å². The highest BCUT2D eigenvalue weighted by Gasteiger charge is 2.21. The summed E-state index contributed by atoms with van der Waals surface area (Å²) in [7, 11) is 0. The highest BCUT2D eigenvalue weighted by Crippen LogP contribution is 2.24. The van der Waals surface area contributed by atoms with Crippen molar-refractivity contribution in [1.29, 1.82) is 0 Å². The van der Waals surface area contributed by atoms with Gasteiger partial charge in [0.1, 0.15) is 0 Å².